The number of ether oxygens (including phenoxy) is 1. The van der Waals surface area contributed by atoms with Gasteiger partial charge in [0.2, 0.25) is 0 Å². The zero-order chi connectivity index (χ0) is 10.8. The second kappa shape index (κ2) is 3.64. The normalized spacial score (nSPS) is 10.4. The molecule has 2 rings (SSSR count). The van der Waals surface area contributed by atoms with Crippen molar-refractivity contribution in [2.75, 3.05) is 12.8 Å². The minimum atomic E-state index is 0.419. The lowest BCUT2D eigenvalue weighted by Crippen LogP contribution is -1.87. The third kappa shape index (κ3) is 1.53. The van der Waals surface area contributed by atoms with Crippen molar-refractivity contribution in [3.8, 4) is 6.07 Å². The molecule has 0 amide bonds. The number of rotatable bonds is 2. The smallest absolute Gasteiger partial charge is 0.119 e. The Labute approximate surface area is 87.3 Å². The lowest BCUT2D eigenvalue weighted by molar-refractivity contribution is 0.185. The van der Waals surface area contributed by atoms with E-state index >= 15 is 0 Å². The molecule has 1 aromatic heterocycles. The highest BCUT2D eigenvalue weighted by atomic mass is 16.5. The van der Waals surface area contributed by atoms with Crippen molar-refractivity contribution in [3.05, 3.63) is 29.3 Å². The molecule has 0 atom stereocenters. The van der Waals surface area contributed by atoms with Crippen molar-refractivity contribution in [1.82, 2.24) is 4.98 Å². The second-order valence-corrected chi connectivity index (χ2v) is 3.34. The molecule has 1 aromatic carbocycles. The first-order chi connectivity index (χ1) is 7.26. The van der Waals surface area contributed by atoms with E-state index in [2.05, 4.69) is 11.1 Å². The maximum Gasteiger partial charge on any atom is 0.119 e. The average molecular weight is 201 g/mol. The number of hydrogen-bond acceptors (Lipinski definition) is 3. The molecular weight excluding hydrogens is 190 g/mol. The third-order valence-electron chi connectivity index (χ3n) is 2.31. The monoisotopic (exact) mass is 201 g/mol. The van der Waals surface area contributed by atoms with Gasteiger partial charge < -0.3 is 15.5 Å². The van der Waals surface area contributed by atoms with Gasteiger partial charge in [0.1, 0.15) is 17.5 Å². The van der Waals surface area contributed by atoms with Crippen molar-refractivity contribution in [3.63, 3.8) is 0 Å². The molecule has 0 radical (unpaired) electrons. The maximum atomic E-state index is 8.94. The number of hydrogen-bond donors (Lipinski definition) is 2. The summed E-state index contributed by atoms with van der Waals surface area (Å²) < 4.78 is 5.03. The van der Waals surface area contributed by atoms with Crippen molar-refractivity contribution >= 4 is 16.7 Å². The Hall–Kier alpha value is -1.99. The van der Waals surface area contributed by atoms with Gasteiger partial charge in [0.05, 0.1) is 6.61 Å². The summed E-state index contributed by atoms with van der Waals surface area (Å²) in [4.78, 5) is 2.96. The van der Waals surface area contributed by atoms with Gasteiger partial charge in [0, 0.05) is 18.0 Å². The number of aromatic amines is 1. The molecule has 4 nitrogen and oxygen atoms in total. The lowest BCUT2D eigenvalue weighted by Gasteiger charge is -1.99. The van der Waals surface area contributed by atoms with E-state index in [0.717, 1.165) is 16.5 Å². The van der Waals surface area contributed by atoms with E-state index in [1.165, 1.54) is 0 Å². The zero-order valence-corrected chi connectivity index (χ0v) is 8.37. The van der Waals surface area contributed by atoms with Crippen molar-refractivity contribution in [2.45, 2.75) is 6.61 Å². The lowest BCUT2D eigenvalue weighted by atomic mass is 10.1. The van der Waals surface area contributed by atoms with Crippen LogP contribution in [-0.2, 0) is 11.3 Å². The molecule has 0 bridgehead atoms. The molecule has 3 N–H and O–H groups in total. The predicted molar refractivity (Wildman–Crippen MR) is 58.1 cm³/mol. The summed E-state index contributed by atoms with van der Waals surface area (Å²) in [7, 11) is 1.64. The molecule has 0 aliphatic rings. The zero-order valence-electron chi connectivity index (χ0n) is 8.37. The number of aromatic nitrogens is 1. The number of nitrogens with zero attached hydrogens (tertiary/aromatic N) is 1. The molecule has 0 spiro atoms. The van der Waals surface area contributed by atoms with Crippen molar-refractivity contribution in [2.24, 2.45) is 0 Å². The molecular formula is C11H11N3O. The predicted octanol–water partition coefficient (Wildman–Crippen LogP) is 1.77. The first-order valence-corrected chi connectivity index (χ1v) is 4.55. The van der Waals surface area contributed by atoms with Gasteiger partial charge in [-0.15, -0.1) is 0 Å². The van der Waals surface area contributed by atoms with Crippen LogP contribution in [0, 0.1) is 11.3 Å². The van der Waals surface area contributed by atoms with Gasteiger partial charge in [0.25, 0.3) is 0 Å². The SMILES string of the molecule is COCc1ccc2[nH]c(N)c(C#N)c2c1. The first-order valence-electron chi connectivity index (χ1n) is 4.55. The van der Waals surface area contributed by atoms with Crippen LogP contribution in [-0.4, -0.2) is 12.1 Å². The number of nitrogen functional groups attached to an aromatic ring is 1. The quantitative estimate of drug-likeness (QED) is 0.777. The molecule has 0 fully saturated rings. The Bertz CT molecular complexity index is 536. The molecule has 1 heterocycles. The van der Waals surface area contributed by atoms with Crippen LogP contribution in [0.15, 0.2) is 18.2 Å². The highest BCUT2D eigenvalue weighted by Crippen LogP contribution is 2.24. The fraction of sp³-hybridized carbons (Fsp3) is 0.182. The summed E-state index contributed by atoms with van der Waals surface area (Å²) in [6.45, 7) is 0.534. The summed E-state index contributed by atoms with van der Waals surface area (Å²) in [5.41, 5.74) is 8.09. The minimum absolute atomic E-state index is 0.419. The fourth-order valence-corrected chi connectivity index (χ4v) is 1.64. The summed E-state index contributed by atoms with van der Waals surface area (Å²) in [5.74, 6) is 0.419. The number of fused-ring (bicyclic) bond motifs is 1. The van der Waals surface area contributed by atoms with Crippen LogP contribution in [0.5, 0.6) is 0 Å². The largest absolute Gasteiger partial charge is 0.384 e. The third-order valence-corrected chi connectivity index (χ3v) is 2.31. The van der Waals surface area contributed by atoms with Crippen LogP contribution in [0.2, 0.25) is 0 Å². The molecule has 76 valence electrons. The molecule has 0 saturated heterocycles. The van der Waals surface area contributed by atoms with E-state index in [1.807, 2.05) is 18.2 Å². The molecule has 0 unspecified atom stereocenters. The Kier molecular flexibility index (Phi) is 2.32. The summed E-state index contributed by atoms with van der Waals surface area (Å²) in [6, 6.07) is 7.86. The van der Waals surface area contributed by atoms with E-state index in [-0.39, 0.29) is 0 Å². The van der Waals surface area contributed by atoms with Gasteiger partial charge in [-0.25, -0.2) is 0 Å². The number of H-pyrrole nitrogens is 1. The van der Waals surface area contributed by atoms with E-state index in [9.17, 15) is 0 Å². The second-order valence-electron chi connectivity index (χ2n) is 3.34. The molecule has 0 saturated carbocycles. The number of benzene rings is 1. The molecule has 0 aliphatic carbocycles. The molecule has 15 heavy (non-hydrogen) atoms. The van der Waals surface area contributed by atoms with Crippen LogP contribution in [0.4, 0.5) is 5.82 Å². The van der Waals surface area contributed by atoms with Crippen LogP contribution in [0.1, 0.15) is 11.1 Å². The first kappa shape index (κ1) is 9.56. The van der Waals surface area contributed by atoms with Crippen molar-refractivity contribution in [1.29, 1.82) is 5.26 Å². The Morgan fingerprint density at radius 3 is 3.00 bits per heavy atom. The van der Waals surface area contributed by atoms with Crippen LogP contribution >= 0.6 is 0 Å². The fourth-order valence-electron chi connectivity index (χ4n) is 1.64. The Balaban J connectivity index is 2.64. The topological polar surface area (TPSA) is 74.8 Å². The number of nitriles is 1. The number of anilines is 1. The maximum absolute atomic E-state index is 8.94. The van der Waals surface area contributed by atoms with Gasteiger partial charge in [-0.05, 0) is 17.7 Å². The molecule has 0 aliphatic heterocycles. The van der Waals surface area contributed by atoms with Crippen LogP contribution < -0.4 is 5.73 Å². The van der Waals surface area contributed by atoms with E-state index in [0.29, 0.717) is 18.0 Å². The van der Waals surface area contributed by atoms with Gasteiger partial charge in [-0.2, -0.15) is 5.26 Å². The van der Waals surface area contributed by atoms with E-state index < -0.39 is 0 Å². The number of nitrogens with two attached hydrogens (primary N) is 1. The van der Waals surface area contributed by atoms with Gasteiger partial charge >= 0.3 is 0 Å². The Morgan fingerprint density at radius 2 is 2.33 bits per heavy atom. The van der Waals surface area contributed by atoms with Crippen LogP contribution in [0.3, 0.4) is 0 Å². The Morgan fingerprint density at radius 1 is 1.53 bits per heavy atom. The van der Waals surface area contributed by atoms with Crippen LogP contribution in [0.25, 0.3) is 10.9 Å². The highest BCUT2D eigenvalue weighted by molar-refractivity contribution is 5.91. The average Bonchev–Trinajstić information content (AvgIpc) is 2.53. The van der Waals surface area contributed by atoms with Crippen molar-refractivity contribution < 1.29 is 4.74 Å². The van der Waals surface area contributed by atoms with Gasteiger partial charge in [-0.1, -0.05) is 6.07 Å². The minimum Gasteiger partial charge on any atom is -0.384 e. The molecule has 4 heteroatoms. The summed E-state index contributed by atoms with van der Waals surface area (Å²) in [6.07, 6.45) is 0. The van der Waals surface area contributed by atoms with Gasteiger partial charge in [0.15, 0.2) is 0 Å². The molecule has 2 aromatic rings. The standard InChI is InChI=1S/C11H11N3O/c1-15-6-7-2-3-10-8(4-7)9(5-12)11(13)14-10/h2-4,14H,6,13H2,1H3. The van der Waals surface area contributed by atoms with E-state index in [4.69, 9.17) is 15.7 Å². The summed E-state index contributed by atoms with van der Waals surface area (Å²) >= 11 is 0. The van der Waals surface area contributed by atoms with Gasteiger partial charge in [-0.3, -0.25) is 0 Å². The summed E-state index contributed by atoms with van der Waals surface area (Å²) in [5, 5.41) is 9.80. The number of methoxy groups -OCH3 is 1. The number of nitrogens with one attached hydrogen (secondary N) is 1. The highest BCUT2D eigenvalue weighted by Gasteiger charge is 2.08. The van der Waals surface area contributed by atoms with E-state index in [1.54, 1.807) is 7.11 Å².